The Kier molecular flexibility index (Phi) is 4.84. The molecule has 2 heterocycles. The Balaban J connectivity index is 0.000000169. The molecule has 5 nitrogen and oxygen atoms in total. The van der Waals surface area contributed by atoms with E-state index in [9.17, 15) is 9.59 Å². The second kappa shape index (κ2) is 6.61. The van der Waals surface area contributed by atoms with Crippen LogP contribution in [0, 0.1) is 0 Å². The number of carbonyl (C=O) groups excluding carboxylic acids is 2. The van der Waals surface area contributed by atoms with E-state index in [0.29, 0.717) is 11.9 Å². The highest BCUT2D eigenvalue weighted by molar-refractivity contribution is 5.78. The van der Waals surface area contributed by atoms with E-state index in [2.05, 4.69) is 15.5 Å². The monoisotopic (exact) mass is 253 g/mol. The van der Waals surface area contributed by atoms with E-state index in [0.717, 1.165) is 32.5 Å². The molecule has 5 heteroatoms. The van der Waals surface area contributed by atoms with Gasteiger partial charge in [-0.2, -0.15) is 0 Å². The number of nitrogens with one attached hydrogen (secondary N) is 2. The lowest BCUT2D eigenvalue weighted by Crippen LogP contribution is -2.37. The zero-order chi connectivity index (χ0) is 12.8. The van der Waals surface area contributed by atoms with Gasteiger partial charge < -0.3 is 15.5 Å². The van der Waals surface area contributed by atoms with Gasteiger partial charge in [0.05, 0.1) is 0 Å². The first kappa shape index (κ1) is 13.2. The van der Waals surface area contributed by atoms with Gasteiger partial charge in [0.25, 0.3) is 0 Å². The maximum Gasteiger partial charge on any atom is 0.314 e. The van der Waals surface area contributed by atoms with E-state index in [4.69, 9.17) is 0 Å². The van der Waals surface area contributed by atoms with Crippen LogP contribution in [0.25, 0.3) is 0 Å². The number of likely N-dealkylation sites (tertiary alicyclic amines) is 1. The molecule has 0 unspecified atom stereocenters. The Labute approximate surface area is 108 Å². The number of carbonyl (C=O) groups is 2. The van der Waals surface area contributed by atoms with Crippen LogP contribution in [0.4, 0.5) is 4.79 Å². The molecule has 18 heavy (non-hydrogen) atoms. The van der Waals surface area contributed by atoms with E-state index in [1.54, 1.807) is 0 Å². The zero-order valence-electron chi connectivity index (χ0n) is 10.9. The lowest BCUT2D eigenvalue weighted by molar-refractivity contribution is -0.130. The number of hydrogen-bond donors (Lipinski definition) is 2. The van der Waals surface area contributed by atoms with Crippen molar-refractivity contribution in [3.05, 3.63) is 0 Å². The molecular weight excluding hydrogens is 230 g/mol. The molecule has 1 aliphatic carbocycles. The zero-order valence-corrected chi connectivity index (χ0v) is 10.9. The van der Waals surface area contributed by atoms with Crippen molar-refractivity contribution in [3.63, 3.8) is 0 Å². The molecule has 2 aliphatic heterocycles. The highest BCUT2D eigenvalue weighted by Gasteiger charge is 2.28. The minimum Gasteiger partial charge on any atom is -0.340 e. The summed E-state index contributed by atoms with van der Waals surface area (Å²) in [7, 11) is 0. The predicted molar refractivity (Wildman–Crippen MR) is 69.2 cm³/mol. The first-order chi connectivity index (χ1) is 8.77. The predicted octanol–water partition coefficient (Wildman–Crippen LogP) is 1.24. The minimum absolute atomic E-state index is 0.0463. The second-order valence-electron chi connectivity index (χ2n) is 5.17. The van der Waals surface area contributed by atoms with Gasteiger partial charge in [-0.25, -0.2) is 4.79 Å². The summed E-state index contributed by atoms with van der Waals surface area (Å²) in [5, 5.41) is 5.14. The van der Waals surface area contributed by atoms with Crippen molar-refractivity contribution in [2.75, 3.05) is 19.6 Å². The average molecular weight is 253 g/mol. The van der Waals surface area contributed by atoms with Crippen molar-refractivity contribution in [2.24, 2.45) is 0 Å². The quantitative estimate of drug-likeness (QED) is 0.738. The highest BCUT2D eigenvalue weighted by Crippen LogP contribution is 2.25. The summed E-state index contributed by atoms with van der Waals surface area (Å²) in [5.41, 5.74) is 0. The fourth-order valence-electron chi connectivity index (χ4n) is 2.86. The fraction of sp³-hybridized carbons (Fsp3) is 0.846. The van der Waals surface area contributed by atoms with Gasteiger partial charge in [-0.1, -0.05) is 19.3 Å². The lowest BCUT2D eigenvalue weighted by Gasteiger charge is -2.30. The number of amides is 3. The first-order valence-corrected chi connectivity index (χ1v) is 7.08. The molecule has 0 aromatic rings. The molecule has 102 valence electrons. The van der Waals surface area contributed by atoms with Crippen molar-refractivity contribution >= 4 is 11.9 Å². The van der Waals surface area contributed by atoms with Gasteiger partial charge in [0, 0.05) is 32.1 Å². The molecule has 1 saturated carbocycles. The summed E-state index contributed by atoms with van der Waals surface area (Å²) in [6, 6.07) is 0.559. The SMILES string of the molecule is O=C1CCCN1C1CCCCC1.O=C1NCCN1. The molecular formula is C13H23N3O2. The Morgan fingerprint density at radius 2 is 1.61 bits per heavy atom. The molecule has 0 bridgehead atoms. The maximum atomic E-state index is 11.4. The van der Waals surface area contributed by atoms with Crippen molar-refractivity contribution < 1.29 is 9.59 Å². The van der Waals surface area contributed by atoms with E-state index < -0.39 is 0 Å². The third-order valence-electron chi connectivity index (χ3n) is 3.82. The molecule has 0 aromatic heterocycles. The van der Waals surface area contributed by atoms with Crippen LogP contribution < -0.4 is 10.6 Å². The van der Waals surface area contributed by atoms with Gasteiger partial charge in [0.1, 0.15) is 0 Å². The molecule has 0 spiro atoms. The summed E-state index contributed by atoms with van der Waals surface area (Å²) >= 11 is 0. The molecule has 3 fully saturated rings. The molecule has 0 aromatic carbocycles. The van der Waals surface area contributed by atoms with Crippen LogP contribution in [-0.2, 0) is 4.79 Å². The van der Waals surface area contributed by atoms with Crippen molar-refractivity contribution in [2.45, 2.75) is 51.0 Å². The largest absolute Gasteiger partial charge is 0.340 e. The minimum atomic E-state index is -0.0463. The maximum absolute atomic E-state index is 11.4. The van der Waals surface area contributed by atoms with E-state index in [-0.39, 0.29) is 6.03 Å². The van der Waals surface area contributed by atoms with Gasteiger partial charge in [0.15, 0.2) is 0 Å². The molecule has 2 saturated heterocycles. The Morgan fingerprint density at radius 3 is 2.06 bits per heavy atom. The van der Waals surface area contributed by atoms with Crippen LogP contribution in [0.3, 0.4) is 0 Å². The Morgan fingerprint density at radius 1 is 0.944 bits per heavy atom. The van der Waals surface area contributed by atoms with Gasteiger partial charge in [-0.15, -0.1) is 0 Å². The number of urea groups is 1. The summed E-state index contributed by atoms with van der Waals surface area (Å²) in [6.45, 7) is 2.58. The number of rotatable bonds is 1. The fourth-order valence-corrected chi connectivity index (χ4v) is 2.86. The molecule has 0 radical (unpaired) electrons. The average Bonchev–Trinajstić information content (AvgIpc) is 3.02. The van der Waals surface area contributed by atoms with Gasteiger partial charge in [-0.3, -0.25) is 4.79 Å². The molecule has 3 amide bonds. The van der Waals surface area contributed by atoms with Crippen LogP contribution in [0.15, 0.2) is 0 Å². The molecule has 2 N–H and O–H groups in total. The third-order valence-corrected chi connectivity index (χ3v) is 3.82. The topological polar surface area (TPSA) is 61.4 Å². The highest BCUT2D eigenvalue weighted by atomic mass is 16.2. The first-order valence-electron chi connectivity index (χ1n) is 7.08. The van der Waals surface area contributed by atoms with Crippen molar-refractivity contribution in [1.29, 1.82) is 0 Å². The Bertz CT molecular complexity index is 293. The van der Waals surface area contributed by atoms with Crippen LogP contribution in [0.1, 0.15) is 44.9 Å². The molecule has 3 aliphatic rings. The standard InChI is InChI=1S/C10H17NO.C3H6N2O/c12-10-7-4-8-11(10)9-5-2-1-3-6-9;6-3-4-1-2-5-3/h9H,1-8H2;1-2H2,(H2,4,5,6). The molecule has 3 rings (SSSR count). The third kappa shape index (κ3) is 3.62. The van der Waals surface area contributed by atoms with Crippen LogP contribution in [0.2, 0.25) is 0 Å². The normalized spacial score (nSPS) is 24.3. The summed E-state index contributed by atoms with van der Waals surface area (Å²) in [4.78, 5) is 23.5. The molecule has 0 atom stereocenters. The summed E-state index contributed by atoms with van der Waals surface area (Å²) < 4.78 is 0. The van der Waals surface area contributed by atoms with E-state index >= 15 is 0 Å². The smallest absolute Gasteiger partial charge is 0.314 e. The van der Waals surface area contributed by atoms with Gasteiger partial charge >= 0.3 is 6.03 Å². The van der Waals surface area contributed by atoms with Crippen molar-refractivity contribution in [1.82, 2.24) is 15.5 Å². The second-order valence-corrected chi connectivity index (χ2v) is 5.17. The summed E-state index contributed by atoms with van der Waals surface area (Å²) in [6.07, 6.45) is 8.44. The van der Waals surface area contributed by atoms with Crippen LogP contribution in [0.5, 0.6) is 0 Å². The van der Waals surface area contributed by atoms with E-state index in [1.165, 1.54) is 32.1 Å². The number of hydrogen-bond acceptors (Lipinski definition) is 2. The van der Waals surface area contributed by atoms with Crippen LogP contribution >= 0.6 is 0 Å². The number of nitrogens with zero attached hydrogens (tertiary/aromatic N) is 1. The lowest BCUT2D eigenvalue weighted by atomic mass is 9.94. The van der Waals surface area contributed by atoms with Crippen molar-refractivity contribution in [3.8, 4) is 0 Å². The van der Waals surface area contributed by atoms with Gasteiger partial charge in [0.2, 0.25) is 5.91 Å². The Hall–Kier alpha value is -1.26. The van der Waals surface area contributed by atoms with E-state index in [1.807, 2.05) is 0 Å². The summed E-state index contributed by atoms with van der Waals surface area (Å²) in [5.74, 6) is 0.405. The van der Waals surface area contributed by atoms with Gasteiger partial charge in [-0.05, 0) is 19.3 Å². The van der Waals surface area contributed by atoms with Crippen LogP contribution in [-0.4, -0.2) is 42.5 Å².